The van der Waals surface area contributed by atoms with Crippen LogP contribution in [-0.4, -0.2) is 61.7 Å². The van der Waals surface area contributed by atoms with Crippen LogP contribution in [0.3, 0.4) is 0 Å². The minimum atomic E-state index is 0.213. The average molecular weight is 284 g/mol. The number of nitrogens with one attached hydrogen (secondary N) is 1. The highest BCUT2D eigenvalue weighted by Gasteiger charge is 2.26. The third kappa shape index (κ3) is 7.05. The summed E-state index contributed by atoms with van der Waals surface area (Å²) in [5.41, 5.74) is 0.581. The Morgan fingerprint density at radius 2 is 1.70 bits per heavy atom. The number of rotatable bonds is 8. The van der Waals surface area contributed by atoms with Gasteiger partial charge in [0.25, 0.3) is 0 Å². The van der Waals surface area contributed by atoms with Gasteiger partial charge in [0.15, 0.2) is 0 Å². The highest BCUT2D eigenvalue weighted by Crippen LogP contribution is 2.22. The maximum atomic E-state index is 3.68. The van der Waals surface area contributed by atoms with Crippen LogP contribution in [0, 0.1) is 5.41 Å². The summed E-state index contributed by atoms with van der Waals surface area (Å²) < 4.78 is 0. The second-order valence-corrected chi connectivity index (χ2v) is 8.05. The van der Waals surface area contributed by atoms with Crippen molar-refractivity contribution in [3.05, 3.63) is 0 Å². The van der Waals surface area contributed by atoms with Crippen molar-refractivity contribution in [2.24, 2.45) is 5.41 Å². The lowest BCUT2D eigenvalue weighted by atomic mass is 9.86. The highest BCUT2D eigenvalue weighted by molar-refractivity contribution is 4.83. The molecule has 1 fully saturated rings. The van der Waals surface area contributed by atoms with Gasteiger partial charge in [-0.2, -0.15) is 0 Å². The van der Waals surface area contributed by atoms with Crippen LogP contribution >= 0.6 is 0 Å². The molecule has 1 aliphatic rings. The Morgan fingerprint density at radius 3 is 2.20 bits per heavy atom. The van der Waals surface area contributed by atoms with Gasteiger partial charge in [-0.1, -0.05) is 13.8 Å². The molecule has 3 nitrogen and oxygen atoms in total. The van der Waals surface area contributed by atoms with E-state index in [9.17, 15) is 0 Å². The normalized spacial score (nSPS) is 20.6. The second kappa shape index (κ2) is 7.77. The molecular formula is C17H37N3. The number of hydrogen-bond donors (Lipinski definition) is 1. The second-order valence-electron chi connectivity index (χ2n) is 8.05. The van der Waals surface area contributed by atoms with Gasteiger partial charge in [-0.05, 0) is 65.6 Å². The molecule has 1 atom stereocenters. The number of nitrogens with zero attached hydrogens (tertiary/aromatic N) is 2. The SMILES string of the molecule is CCC(C)(CNC(C)(C)C)CN(C)CCN1CCCC1. The molecule has 120 valence electrons. The summed E-state index contributed by atoms with van der Waals surface area (Å²) in [6.45, 7) is 18.8. The molecule has 0 aromatic heterocycles. The van der Waals surface area contributed by atoms with Gasteiger partial charge < -0.3 is 15.1 Å². The molecule has 0 aromatic carbocycles. The molecule has 1 unspecified atom stereocenters. The molecule has 1 heterocycles. The van der Waals surface area contributed by atoms with Crippen LogP contribution < -0.4 is 5.32 Å². The summed E-state index contributed by atoms with van der Waals surface area (Å²) in [4.78, 5) is 5.12. The summed E-state index contributed by atoms with van der Waals surface area (Å²) in [6, 6.07) is 0. The van der Waals surface area contributed by atoms with E-state index in [4.69, 9.17) is 0 Å². The van der Waals surface area contributed by atoms with E-state index in [-0.39, 0.29) is 5.54 Å². The fourth-order valence-electron chi connectivity index (χ4n) is 2.82. The van der Waals surface area contributed by atoms with Gasteiger partial charge in [0, 0.05) is 31.7 Å². The molecule has 0 aromatic rings. The van der Waals surface area contributed by atoms with Gasteiger partial charge in [0.2, 0.25) is 0 Å². The van der Waals surface area contributed by atoms with Crippen molar-refractivity contribution < 1.29 is 0 Å². The van der Waals surface area contributed by atoms with Crippen LogP contribution in [0.25, 0.3) is 0 Å². The summed E-state index contributed by atoms with van der Waals surface area (Å²) in [6.07, 6.45) is 4.02. The van der Waals surface area contributed by atoms with E-state index < -0.39 is 0 Å². The first kappa shape index (κ1) is 17.9. The zero-order chi connectivity index (χ0) is 15.2. The first-order valence-electron chi connectivity index (χ1n) is 8.40. The third-order valence-electron chi connectivity index (χ3n) is 4.55. The standard InChI is InChI=1S/C17H37N3/c1-7-17(5,14-18-16(2,3)4)15-19(6)12-13-20-10-8-9-11-20/h18H,7-15H2,1-6H3. The number of likely N-dealkylation sites (N-methyl/N-ethyl adjacent to an activating group) is 1. The van der Waals surface area contributed by atoms with Crippen LogP contribution in [0.2, 0.25) is 0 Å². The fourth-order valence-corrected chi connectivity index (χ4v) is 2.82. The third-order valence-corrected chi connectivity index (χ3v) is 4.55. The predicted molar refractivity (Wildman–Crippen MR) is 89.3 cm³/mol. The Hall–Kier alpha value is -0.120. The van der Waals surface area contributed by atoms with E-state index in [0.29, 0.717) is 5.41 Å². The Morgan fingerprint density at radius 1 is 1.10 bits per heavy atom. The van der Waals surface area contributed by atoms with Crippen LogP contribution in [0.4, 0.5) is 0 Å². The van der Waals surface area contributed by atoms with Crippen LogP contribution in [-0.2, 0) is 0 Å². The van der Waals surface area contributed by atoms with Crippen molar-refractivity contribution in [3.63, 3.8) is 0 Å². The summed E-state index contributed by atoms with van der Waals surface area (Å²) in [5, 5.41) is 3.68. The molecule has 0 saturated carbocycles. The van der Waals surface area contributed by atoms with Crippen molar-refractivity contribution in [2.45, 2.75) is 59.4 Å². The molecule has 1 aliphatic heterocycles. The van der Waals surface area contributed by atoms with Crippen molar-refractivity contribution in [1.29, 1.82) is 0 Å². The quantitative estimate of drug-likeness (QED) is 0.739. The summed E-state index contributed by atoms with van der Waals surface area (Å²) >= 11 is 0. The molecule has 20 heavy (non-hydrogen) atoms. The van der Waals surface area contributed by atoms with E-state index in [1.54, 1.807) is 0 Å². The topological polar surface area (TPSA) is 18.5 Å². The molecule has 0 aliphatic carbocycles. The molecule has 1 saturated heterocycles. The van der Waals surface area contributed by atoms with Gasteiger partial charge in [0.1, 0.15) is 0 Å². The van der Waals surface area contributed by atoms with E-state index in [2.05, 4.69) is 56.8 Å². The molecule has 0 spiro atoms. The van der Waals surface area contributed by atoms with Crippen LogP contribution in [0.5, 0.6) is 0 Å². The fraction of sp³-hybridized carbons (Fsp3) is 1.00. The monoisotopic (exact) mass is 283 g/mol. The van der Waals surface area contributed by atoms with Gasteiger partial charge in [-0.15, -0.1) is 0 Å². The minimum absolute atomic E-state index is 0.213. The maximum Gasteiger partial charge on any atom is 0.0109 e. The van der Waals surface area contributed by atoms with E-state index in [1.165, 1.54) is 52.0 Å². The zero-order valence-corrected chi connectivity index (χ0v) is 14.8. The molecule has 0 bridgehead atoms. The van der Waals surface area contributed by atoms with Crippen molar-refractivity contribution >= 4 is 0 Å². The van der Waals surface area contributed by atoms with E-state index in [0.717, 1.165) is 6.54 Å². The van der Waals surface area contributed by atoms with Crippen LogP contribution in [0.1, 0.15) is 53.9 Å². The number of hydrogen-bond acceptors (Lipinski definition) is 3. The molecule has 0 amide bonds. The Kier molecular flexibility index (Phi) is 6.96. The van der Waals surface area contributed by atoms with Gasteiger partial charge >= 0.3 is 0 Å². The smallest absolute Gasteiger partial charge is 0.0109 e. The number of likely N-dealkylation sites (tertiary alicyclic amines) is 1. The lowest BCUT2D eigenvalue weighted by Gasteiger charge is -2.36. The van der Waals surface area contributed by atoms with Crippen LogP contribution in [0.15, 0.2) is 0 Å². The summed E-state index contributed by atoms with van der Waals surface area (Å²) in [5.74, 6) is 0. The lowest BCUT2D eigenvalue weighted by molar-refractivity contribution is 0.156. The Labute approximate surface area is 127 Å². The molecule has 0 radical (unpaired) electrons. The molecule has 3 heteroatoms. The zero-order valence-electron chi connectivity index (χ0n) is 14.8. The predicted octanol–water partition coefficient (Wildman–Crippen LogP) is 2.82. The average Bonchev–Trinajstić information content (AvgIpc) is 2.86. The molecular weight excluding hydrogens is 246 g/mol. The van der Waals surface area contributed by atoms with Crippen molar-refractivity contribution in [2.75, 3.05) is 46.3 Å². The highest BCUT2D eigenvalue weighted by atomic mass is 15.2. The van der Waals surface area contributed by atoms with Crippen molar-refractivity contribution in [3.8, 4) is 0 Å². The lowest BCUT2D eigenvalue weighted by Crippen LogP contribution is -2.47. The summed E-state index contributed by atoms with van der Waals surface area (Å²) in [7, 11) is 2.28. The molecule has 1 N–H and O–H groups in total. The van der Waals surface area contributed by atoms with Crippen molar-refractivity contribution in [1.82, 2.24) is 15.1 Å². The van der Waals surface area contributed by atoms with Gasteiger partial charge in [0.05, 0.1) is 0 Å². The maximum absolute atomic E-state index is 3.68. The first-order valence-corrected chi connectivity index (χ1v) is 8.40. The largest absolute Gasteiger partial charge is 0.311 e. The van der Waals surface area contributed by atoms with E-state index in [1.807, 2.05) is 0 Å². The van der Waals surface area contributed by atoms with E-state index >= 15 is 0 Å². The van der Waals surface area contributed by atoms with Gasteiger partial charge in [-0.3, -0.25) is 0 Å². The minimum Gasteiger partial charge on any atom is -0.311 e. The molecule has 1 rings (SSSR count). The first-order chi connectivity index (χ1) is 9.24. The Bertz CT molecular complexity index is 266. The van der Waals surface area contributed by atoms with Gasteiger partial charge in [-0.25, -0.2) is 0 Å². The Balaban J connectivity index is 2.32.